The third-order valence-electron chi connectivity index (χ3n) is 13.6. The van der Waals surface area contributed by atoms with Crippen molar-refractivity contribution in [3.8, 4) is 45.0 Å². The molecule has 4 nitrogen and oxygen atoms in total. The molecule has 278 valence electrons. The Morgan fingerprint density at radius 1 is 0.492 bits per heavy atom. The zero-order chi connectivity index (χ0) is 39.0. The summed E-state index contributed by atoms with van der Waals surface area (Å²) in [6.45, 7) is 4.73. The lowest BCUT2D eigenvalue weighted by atomic mass is 9.66. The number of rotatable bonds is 3. The average molecular weight is 756 g/mol. The smallest absolute Gasteiger partial charge is 0.231 e. The summed E-state index contributed by atoms with van der Waals surface area (Å²) in [5, 5.41) is 1.04. The molecule has 4 heteroatoms. The minimum Gasteiger partial charge on any atom is -0.457 e. The van der Waals surface area contributed by atoms with Crippen molar-refractivity contribution in [2.45, 2.75) is 30.7 Å². The molecule has 59 heavy (non-hydrogen) atoms. The average Bonchev–Trinajstić information content (AvgIpc) is 3.69. The fourth-order valence-electron chi connectivity index (χ4n) is 11.0. The van der Waals surface area contributed by atoms with Crippen LogP contribution in [0, 0.1) is 0 Å². The van der Waals surface area contributed by atoms with Gasteiger partial charge in [-0.05, 0) is 86.5 Å². The van der Waals surface area contributed by atoms with E-state index >= 15 is 0 Å². The molecule has 1 aromatic heterocycles. The second kappa shape index (κ2) is 11.6. The van der Waals surface area contributed by atoms with Crippen LogP contribution in [0.4, 0.5) is 11.6 Å². The van der Waals surface area contributed by atoms with Crippen LogP contribution in [0.5, 0.6) is 11.5 Å². The molecule has 0 saturated heterocycles. The Morgan fingerprint density at radius 2 is 1.08 bits per heavy atom. The molecule has 0 N–H and O–H groups in total. The minimum absolute atomic E-state index is 0.108. The highest BCUT2D eigenvalue weighted by molar-refractivity contribution is 5.96. The summed E-state index contributed by atoms with van der Waals surface area (Å²) in [6, 6.07) is 65.9. The molecule has 0 bridgehead atoms. The minimum atomic E-state index is -0.518. The molecule has 1 atom stereocenters. The summed E-state index contributed by atoms with van der Waals surface area (Å²) in [5.41, 5.74) is 18.7. The van der Waals surface area contributed by atoms with Crippen LogP contribution < -0.4 is 9.64 Å². The first-order chi connectivity index (χ1) is 29.0. The Morgan fingerprint density at radius 3 is 1.85 bits per heavy atom. The summed E-state index contributed by atoms with van der Waals surface area (Å²) < 4.78 is 6.61. The first-order valence-corrected chi connectivity index (χ1v) is 20.5. The third kappa shape index (κ3) is 4.23. The molecule has 4 aliphatic rings. The molecule has 1 unspecified atom stereocenters. The van der Waals surface area contributed by atoms with E-state index in [1.54, 1.807) is 0 Å². The number of aromatic nitrogens is 2. The SMILES string of the molecule is CC1(C)c2ccccc2-c2cc3c(cc21)C(c1ccc2c(c1)-c1ccccc1C21c2ccccc2Oc2ccccc21)N3c1nc(-c2ccccc2)c2ccccc2n1. The van der Waals surface area contributed by atoms with Crippen molar-refractivity contribution >= 4 is 22.5 Å². The highest BCUT2D eigenvalue weighted by Gasteiger charge is 2.52. The van der Waals surface area contributed by atoms with Crippen LogP contribution >= 0.6 is 0 Å². The van der Waals surface area contributed by atoms with Crippen molar-refractivity contribution in [3.63, 3.8) is 0 Å². The van der Waals surface area contributed by atoms with Crippen LogP contribution in [0.3, 0.4) is 0 Å². The van der Waals surface area contributed by atoms with Crippen LogP contribution in [0.25, 0.3) is 44.4 Å². The standard InChI is InChI=1S/C55H37N3O/c1-54(2)41-21-9-6-18-35(41)39-32-48-40(31-46(39)54)52(58(48)53-56-47-25-13-8-20-37(47)51(57-53)33-16-4-3-5-17-33)34-28-29-43-38(30-34)36-19-7-10-22-42(36)55(43)44-23-11-14-26-49(44)59-50-27-15-12-24-45(50)55/h3-32,52H,1-2H3. The number of anilines is 2. The van der Waals surface area contributed by atoms with Crippen molar-refractivity contribution in [1.29, 1.82) is 0 Å². The van der Waals surface area contributed by atoms with Crippen molar-refractivity contribution in [2.75, 3.05) is 4.90 Å². The van der Waals surface area contributed by atoms with Gasteiger partial charge in [0.1, 0.15) is 11.5 Å². The zero-order valence-electron chi connectivity index (χ0n) is 32.6. The van der Waals surface area contributed by atoms with Gasteiger partial charge in [-0.25, -0.2) is 9.97 Å². The molecule has 0 amide bonds. The van der Waals surface area contributed by atoms with Crippen molar-refractivity contribution in [1.82, 2.24) is 9.97 Å². The molecule has 3 heterocycles. The number of hydrogen-bond acceptors (Lipinski definition) is 4. The molecule has 9 aromatic rings. The summed E-state index contributed by atoms with van der Waals surface area (Å²) in [7, 11) is 0. The monoisotopic (exact) mass is 755 g/mol. The lowest BCUT2D eigenvalue weighted by Crippen LogP contribution is -2.37. The Labute approximate surface area is 343 Å². The lowest BCUT2D eigenvalue weighted by molar-refractivity contribution is 0.436. The maximum Gasteiger partial charge on any atom is 0.231 e. The quantitative estimate of drug-likeness (QED) is 0.180. The summed E-state index contributed by atoms with van der Waals surface area (Å²) in [5.74, 6) is 2.50. The van der Waals surface area contributed by atoms with Crippen molar-refractivity contribution in [3.05, 3.63) is 226 Å². The van der Waals surface area contributed by atoms with E-state index in [2.05, 4.69) is 201 Å². The number of para-hydroxylation sites is 3. The Bertz CT molecular complexity index is 3210. The summed E-state index contributed by atoms with van der Waals surface area (Å²) in [6.07, 6.45) is 0. The van der Waals surface area contributed by atoms with Gasteiger partial charge in [0.2, 0.25) is 5.95 Å². The highest BCUT2D eigenvalue weighted by atomic mass is 16.5. The topological polar surface area (TPSA) is 38.2 Å². The van der Waals surface area contributed by atoms with E-state index in [1.165, 1.54) is 66.8 Å². The normalized spacial score (nSPS) is 16.5. The van der Waals surface area contributed by atoms with Crippen LogP contribution in [-0.2, 0) is 10.8 Å². The Hall–Kier alpha value is -7.30. The van der Waals surface area contributed by atoms with E-state index in [0.717, 1.165) is 39.3 Å². The van der Waals surface area contributed by atoms with E-state index in [4.69, 9.17) is 14.7 Å². The van der Waals surface area contributed by atoms with E-state index in [1.807, 2.05) is 0 Å². The van der Waals surface area contributed by atoms with Gasteiger partial charge in [-0.2, -0.15) is 0 Å². The lowest BCUT2D eigenvalue weighted by Gasteiger charge is -2.45. The molecule has 2 aliphatic heterocycles. The molecule has 1 spiro atoms. The third-order valence-corrected chi connectivity index (χ3v) is 13.6. The number of fused-ring (bicyclic) bond motifs is 14. The van der Waals surface area contributed by atoms with Gasteiger partial charge in [0.25, 0.3) is 0 Å². The van der Waals surface area contributed by atoms with Crippen LogP contribution in [0.1, 0.15) is 64.4 Å². The maximum absolute atomic E-state index is 6.61. The van der Waals surface area contributed by atoms with Gasteiger partial charge >= 0.3 is 0 Å². The molecular formula is C55H37N3O. The van der Waals surface area contributed by atoms with Crippen LogP contribution in [-0.4, -0.2) is 9.97 Å². The van der Waals surface area contributed by atoms with E-state index in [0.29, 0.717) is 5.95 Å². The van der Waals surface area contributed by atoms with Crippen molar-refractivity contribution in [2.24, 2.45) is 0 Å². The van der Waals surface area contributed by atoms with Gasteiger partial charge in [-0.15, -0.1) is 0 Å². The second-order valence-electron chi connectivity index (χ2n) is 16.9. The molecule has 13 rings (SSSR count). The highest BCUT2D eigenvalue weighted by Crippen LogP contribution is 2.63. The number of ether oxygens (including phenoxy) is 1. The second-order valence-corrected chi connectivity index (χ2v) is 16.9. The first-order valence-electron chi connectivity index (χ1n) is 20.5. The van der Waals surface area contributed by atoms with Gasteiger partial charge in [0.05, 0.1) is 28.4 Å². The Kier molecular flexibility index (Phi) is 6.46. The molecule has 0 saturated carbocycles. The van der Waals surface area contributed by atoms with E-state index < -0.39 is 5.41 Å². The zero-order valence-corrected chi connectivity index (χ0v) is 32.6. The Balaban J connectivity index is 1.06. The molecule has 8 aromatic carbocycles. The van der Waals surface area contributed by atoms with Crippen LogP contribution in [0.15, 0.2) is 182 Å². The van der Waals surface area contributed by atoms with Crippen LogP contribution in [0.2, 0.25) is 0 Å². The molecule has 2 aliphatic carbocycles. The predicted octanol–water partition coefficient (Wildman–Crippen LogP) is 13.3. The molecule has 0 radical (unpaired) electrons. The molecular weight excluding hydrogens is 719 g/mol. The van der Waals surface area contributed by atoms with E-state index in [-0.39, 0.29) is 11.5 Å². The largest absolute Gasteiger partial charge is 0.457 e. The predicted molar refractivity (Wildman–Crippen MR) is 237 cm³/mol. The molecule has 0 fully saturated rings. The van der Waals surface area contributed by atoms with Gasteiger partial charge in [0.15, 0.2) is 0 Å². The fraction of sp³-hybridized carbons (Fsp3) is 0.0909. The number of benzene rings is 8. The van der Waals surface area contributed by atoms with E-state index in [9.17, 15) is 0 Å². The number of nitrogens with zero attached hydrogens (tertiary/aromatic N) is 3. The maximum atomic E-state index is 6.61. The van der Waals surface area contributed by atoms with Gasteiger partial charge < -0.3 is 4.74 Å². The summed E-state index contributed by atoms with van der Waals surface area (Å²) >= 11 is 0. The van der Waals surface area contributed by atoms with Gasteiger partial charge in [-0.3, -0.25) is 4.90 Å². The summed E-state index contributed by atoms with van der Waals surface area (Å²) in [4.78, 5) is 13.2. The number of hydrogen-bond donors (Lipinski definition) is 0. The van der Waals surface area contributed by atoms with Gasteiger partial charge in [0, 0.05) is 33.1 Å². The fourth-order valence-corrected chi connectivity index (χ4v) is 11.0. The van der Waals surface area contributed by atoms with Gasteiger partial charge in [-0.1, -0.05) is 159 Å². The van der Waals surface area contributed by atoms with Crippen molar-refractivity contribution < 1.29 is 4.74 Å². The first kappa shape index (κ1) is 32.8.